The molecule has 0 unspecified atom stereocenters. The lowest BCUT2D eigenvalue weighted by Crippen LogP contribution is -2.48. The molecule has 1 saturated heterocycles. The minimum absolute atomic E-state index is 0.000190. The third kappa shape index (κ3) is 3.20. The van der Waals surface area contributed by atoms with E-state index in [-0.39, 0.29) is 30.0 Å². The van der Waals surface area contributed by atoms with Gasteiger partial charge in [-0.15, -0.1) is 0 Å². The second-order valence-corrected chi connectivity index (χ2v) is 7.23. The topological polar surface area (TPSA) is 79.6 Å². The summed E-state index contributed by atoms with van der Waals surface area (Å²) in [6.07, 6.45) is 6.04. The molecule has 1 saturated carbocycles. The third-order valence-electron chi connectivity index (χ3n) is 4.91. The number of pyridine rings is 1. The molecule has 0 radical (unpaired) electrons. The molecule has 3 atom stereocenters. The van der Waals surface area contributed by atoms with Gasteiger partial charge in [0.2, 0.25) is 5.91 Å². The zero-order valence-corrected chi connectivity index (χ0v) is 14.2. The first-order valence-corrected chi connectivity index (χ1v) is 8.66. The van der Waals surface area contributed by atoms with Crippen molar-refractivity contribution in [2.75, 3.05) is 0 Å². The van der Waals surface area contributed by atoms with E-state index in [2.05, 4.69) is 15.9 Å². The molecular formula is C16H19BrN2O4. The van der Waals surface area contributed by atoms with Crippen LogP contribution in [0.25, 0.3) is 0 Å². The number of halogens is 1. The van der Waals surface area contributed by atoms with Gasteiger partial charge in [-0.1, -0.05) is 12.8 Å². The molecule has 2 fully saturated rings. The molecule has 0 bridgehead atoms. The number of aliphatic carboxylic acids is 1. The summed E-state index contributed by atoms with van der Waals surface area (Å²) in [5.74, 6) is -0.964. The maximum absolute atomic E-state index is 12.7. The van der Waals surface area contributed by atoms with Crippen LogP contribution in [0.2, 0.25) is 0 Å². The molecule has 1 aromatic heterocycles. The summed E-state index contributed by atoms with van der Waals surface area (Å²) < 4.78 is 2.03. The van der Waals surface area contributed by atoms with Crippen LogP contribution >= 0.6 is 15.9 Å². The molecule has 0 aromatic carbocycles. The maximum atomic E-state index is 12.7. The lowest BCUT2D eigenvalue weighted by atomic mass is 9.85. The molecular weight excluding hydrogens is 364 g/mol. The van der Waals surface area contributed by atoms with Crippen LogP contribution < -0.4 is 5.56 Å². The molecule has 1 aliphatic carbocycles. The first kappa shape index (κ1) is 16.2. The summed E-state index contributed by atoms with van der Waals surface area (Å²) in [6, 6.07) is 2.24. The van der Waals surface area contributed by atoms with Crippen molar-refractivity contribution in [2.24, 2.45) is 5.92 Å². The van der Waals surface area contributed by atoms with Crippen molar-refractivity contribution in [3.05, 3.63) is 33.2 Å². The van der Waals surface area contributed by atoms with Gasteiger partial charge in [0.25, 0.3) is 5.56 Å². The van der Waals surface area contributed by atoms with Gasteiger partial charge in [-0.3, -0.25) is 9.59 Å². The van der Waals surface area contributed by atoms with Gasteiger partial charge in [-0.2, -0.15) is 0 Å². The second kappa shape index (κ2) is 6.47. The number of carbonyl (C=O) groups is 2. The minimum Gasteiger partial charge on any atom is -0.480 e. The molecule has 0 spiro atoms. The van der Waals surface area contributed by atoms with E-state index in [9.17, 15) is 19.5 Å². The van der Waals surface area contributed by atoms with Crippen molar-refractivity contribution in [3.63, 3.8) is 0 Å². The second-order valence-electron chi connectivity index (χ2n) is 6.32. The Morgan fingerprint density at radius 2 is 2.00 bits per heavy atom. The van der Waals surface area contributed by atoms with E-state index in [1.54, 1.807) is 12.3 Å². The van der Waals surface area contributed by atoms with Crippen molar-refractivity contribution in [1.82, 2.24) is 9.47 Å². The number of carboxylic acids is 1. The van der Waals surface area contributed by atoms with Crippen LogP contribution in [-0.2, 0) is 16.1 Å². The van der Waals surface area contributed by atoms with E-state index < -0.39 is 12.0 Å². The Kier molecular flexibility index (Phi) is 4.57. The predicted molar refractivity (Wildman–Crippen MR) is 87.0 cm³/mol. The van der Waals surface area contributed by atoms with Crippen LogP contribution in [0.15, 0.2) is 27.6 Å². The summed E-state index contributed by atoms with van der Waals surface area (Å²) in [6.45, 7) is -0.120. The highest BCUT2D eigenvalue weighted by Gasteiger charge is 2.47. The minimum atomic E-state index is -0.950. The Bertz CT molecular complexity index is 687. The average molecular weight is 383 g/mol. The summed E-state index contributed by atoms with van der Waals surface area (Å²) in [4.78, 5) is 37.7. The van der Waals surface area contributed by atoms with E-state index >= 15 is 0 Å². The number of rotatable bonds is 3. The standard InChI is InChI=1S/C16H19BrN2O4/c17-11-5-6-14(20)18(8-11)9-15(21)19-12-4-2-1-3-10(12)7-13(19)16(22)23/h5-6,8,10,12-13H,1-4,7,9H2,(H,22,23)/t10-,12+,13-/m0/s1. The summed E-state index contributed by atoms with van der Waals surface area (Å²) >= 11 is 3.28. The molecule has 1 aliphatic heterocycles. The molecule has 1 aromatic rings. The average Bonchev–Trinajstić information content (AvgIpc) is 2.90. The SMILES string of the molecule is O=C(O)[C@@H]1C[C@@H]2CCCC[C@H]2N1C(=O)Cn1cc(Br)ccc1=O. The van der Waals surface area contributed by atoms with Gasteiger partial charge in [0.1, 0.15) is 12.6 Å². The van der Waals surface area contributed by atoms with E-state index in [4.69, 9.17) is 0 Å². The Labute approximate surface area is 142 Å². The first-order chi connectivity index (χ1) is 11.0. The highest BCUT2D eigenvalue weighted by molar-refractivity contribution is 9.10. The number of nitrogens with zero attached hydrogens (tertiary/aromatic N) is 2. The predicted octanol–water partition coefficient (Wildman–Crippen LogP) is 1.86. The van der Waals surface area contributed by atoms with Crippen molar-refractivity contribution >= 4 is 27.8 Å². The quantitative estimate of drug-likeness (QED) is 0.864. The van der Waals surface area contributed by atoms with Crippen molar-refractivity contribution < 1.29 is 14.7 Å². The van der Waals surface area contributed by atoms with Crippen molar-refractivity contribution in [3.8, 4) is 0 Å². The Hall–Kier alpha value is -1.63. The lowest BCUT2D eigenvalue weighted by Gasteiger charge is -2.33. The van der Waals surface area contributed by atoms with Gasteiger partial charge in [-0.05, 0) is 47.2 Å². The zero-order valence-electron chi connectivity index (χ0n) is 12.7. The maximum Gasteiger partial charge on any atom is 0.326 e. The normalized spacial score (nSPS) is 26.8. The fourth-order valence-corrected chi connectivity index (χ4v) is 4.27. The number of likely N-dealkylation sites (tertiary alicyclic amines) is 1. The number of fused-ring (bicyclic) bond motifs is 1. The first-order valence-electron chi connectivity index (χ1n) is 7.87. The Morgan fingerprint density at radius 1 is 1.26 bits per heavy atom. The molecule has 23 heavy (non-hydrogen) atoms. The van der Waals surface area contributed by atoms with E-state index in [1.807, 2.05) is 0 Å². The smallest absolute Gasteiger partial charge is 0.326 e. The summed E-state index contributed by atoms with van der Waals surface area (Å²) in [5.41, 5.74) is -0.271. The van der Waals surface area contributed by atoms with Gasteiger partial charge in [0, 0.05) is 22.8 Å². The highest BCUT2D eigenvalue weighted by Crippen LogP contribution is 2.39. The molecule has 6 nitrogen and oxygen atoms in total. The number of hydrogen-bond donors (Lipinski definition) is 1. The van der Waals surface area contributed by atoms with Crippen LogP contribution in [0.3, 0.4) is 0 Å². The van der Waals surface area contributed by atoms with E-state index in [0.717, 1.165) is 25.7 Å². The monoisotopic (exact) mass is 382 g/mol. The molecule has 1 N–H and O–H groups in total. The van der Waals surface area contributed by atoms with Crippen LogP contribution in [0.4, 0.5) is 0 Å². The number of carbonyl (C=O) groups excluding carboxylic acids is 1. The fraction of sp³-hybridized carbons (Fsp3) is 0.562. The fourth-order valence-electron chi connectivity index (χ4n) is 3.89. The number of amides is 1. The third-order valence-corrected chi connectivity index (χ3v) is 5.38. The molecule has 124 valence electrons. The Balaban J connectivity index is 1.85. The van der Waals surface area contributed by atoms with Gasteiger partial charge in [-0.25, -0.2) is 4.79 Å². The molecule has 2 heterocycles. The number of carboxylic acid groups (broad SMARTS) is 1. The molecule has 3 rings (SSSR count). The van der Waals surface area contributed by atoms with Gasteiger partial charge in [0.15, 0.2) is 0 Å². The van der Waals surface area contributed by atoms with Crippen LogP contribution in [0.5, 0.6) is 0 Å². The molecule has 7 heteroatoms. The summed E-state index contributed by atoms with van der Waals surface area (Å²) in [7, 11) is 0. The van der Waals surface area contributed by atoms with Crippen molar-refractivity contribution in [1.29, 1.82) is 0 Å². The molecule has 1 amide bonds. The van der Waals surface area contributed by atoms with Crippen LogP contribution in [-0.4, -0.2) is 38.5 Å². The lowest BCUT2D eigenvalue weighted by molar-refractivity contribution is -0.150. The van der Waals surface area contributed by atoms with Gasteiger partial charge in [0.05, 0.1) is 0 Å². The zero-order chi connectivity index (χ0) is 16.6. The number of hydrogen-bond acceptors (Lipinski definition) is 3. The van der Waals surface area contributed by atoms with Gasteiger partial charge < -0.3 is 14.6 Å². The Morgan fingerprint density at radius 3 is 2.74 bits per heavy atom. The van der Waals surface area contributed by atoms with Crippen LogP contribution in [0.1, 0.15) is 32.1 Å². The summed E-state index contributed by atoms with van der Waals surface area (Å²) in [5, 5.41) is 9.47. The highest BCUT2D eigenvalue weighted by atomic mass is 79.9. The van der Waals surface area contributed by atoms with E-state index in [1.165, 1.54) is 15.5 Å². The van der Waals surface area contributed by atoms with Crippen molar-refractivity contribution in [2.45, 2.75) is 50.7 Å². The van der Waals surface area contributed by atoms with Gasteiger partial charge >= 0.3 is 5.97 Å². The van der Waals surface area contributed by atoms with E-state index in [0.29, 0.717) is 10.9 Å². The largest absolute Gasteiger partial charge is 0.480 e. The molecule has 2 aliphatic rings. The number of aromatic nitrogens is 1. The van der Waals surface area contributed by atoms with Crippen LogP contribution in [0, 0.1) is 5.92 Å².